The number of nitrogens with one attached hydrogen (secondary N) is 2. The van der Waals surface area contributed by atoms with Gasteiger partial charge in [-0.1, -0.05) is 26.2 Å². The summed E-state index contributed by atoms with van der Waals surface area (Å²) in [5.74, 6) is -1.39. The molecule has 0 radical (unpaired) electrons. The number of likely N-dealkylation sites (tertiary alicyclic amines) is 1. The zero-order valence-corrected chi connectivity index (χ0v) is 22.5. The number of carbonyl (C=O) groups is 3. The maximum atomic E-state index is 14.0. The van der Waals surface area contributed by atoms with Gasteiger partial charge in [-0.05, 0) is 69.7 Å². The Balaban J connectivity index is 1.44. The first-order chi connectivity index (χ1) is 18.4. The highest BCUT2D eigenvalue weighted by Crippen LogP contribution is 2.64. The van der Waals surface area contributed by atoms with E-state index in [2.05, 4.69) is 10.6 Å². The second-order valence-corrected chi connectivity index (χ2v) is 11.2. The van der Waals surface area contributed by atoms with Crippen LogP contribution in [0.3, 0.4) is 0 Å². The van der Waals surface area contributed by atoms with Crippen LogP contribution < -0.4 is 15.4 Å². The van der Waals surface area contributed by atoms with E-state index in [0.29, 0.717) is 38.0 Å². The zero-order valence-electron chi connectivity index (χ0n) is 22.5. The number of amides is 3. The maximum Gasteiger partial charge on any atom is 0.246 e. The SMILES string of the molecule is CCOc1ccc(NC(=O)[C@@H]2[C@H]3C(=O)N(CCCO)C(C(=O)NC4CCCCC4)C34CC[C@@]2(CC)O4)cc1. The first-order valence-electron chi connectivity index (χ1n) is 14.3. The zero-order chi connectivity index (χ0) is 26.9. The summed E-state index contributed by atoms with van der Waals surface area (Å²) in [6.07, 6.45) is 7.34. The fourth-order valence-corrected chi connectivity index (χ4v) is 7.45. The number of anilines is 1. The van der Waals surface area contributed by atoms with E-state index in [-0.39, 0.29) is 36.9 Å². The number of fused-ring (bicyclic) bond motifs is 1. The van der Waals surface area contributed by atoms with Crippen LogP contribution in [0.1, 0.15) is 71.6 Å². The first-order valence-corrected chi connectivity index (χ1v) is 14.3. The molecule has 3 amide bonds. The molecule has 1 aliphatic carbocycles. The Morgan fingerprint density at radius 3 is 2.50 bits per heavy atom. The number of rotatable bonds is 10. The van der Waals surface area contributed by atoms with Gasteiger partial charge in [-0.3, -0.25) is 14.4 Å². The van der Waals surface area contributed by atoms with E-state index in [1.807, 2.05) is 13.8 Å². The number of aliphatic hydroxyl groups excluding tert-OH is 1. The molecule has 9 nitrogen and oxygen atoms in total. The van der Waals surface area contributed by atoms with Gasteiger partial charge < -0.3 is 30.1 Å². The lowest BCUT2D eigenvalue weighted by atomic mass is 9.65. The van der Waals surface area contributed by atoms with Crippen LogP contribution in [0.5, 0.6) is 5.75 Å². The average Bonchev–Trinajstić information content (AvgIpc) is 3.52. The van der Waals surface area contributed by atoms with Crippen LogP contribution in [-0.4, -0.2) is 70.8 Å². The molecule has 1 saturated carbocycles. The maximum absolute atomic E-state index is 14.0. The molecule has 3 aliphatic heterocycles. The van der Waals surface area contributed by atoms with Crippen molar-refractivity contribution in [2.75, 3.05) is 25.1 Å². The smallest absolute Gasteiger partial charge is 0.246 e. The third-order valence-electron chi connectivity index (χ3n) is 9.15. The number of nitrogens with zero attached hydrogens (tertiary/aromatic N) is 1. The molecule has 4 aliphatic rings. The molecule has 1 aromatic rings. The van der Waals surface area contributed by atoms with Crippen LogP contribution in [0.25, 0.3) is 0 Å². The second-order valence-electron chi connectivity index (χ2n) is 11.2. The van der Waals surface area contributed by atoms with Gasteiger partial charge in [-0.25, -0.2) is 0 Å². The summed E-state index contributed by atoms with van der Waals surface area (Å²) in [7, 11) is 0. The number of ether oxygens (including phenoxy) is 2. The molecule has 0 aromatic heterocycles. The molecule has 2 unspecified atom stereocenters. The highest BCUT2D eigenvalue weighted by atomic mass is 16.5. The van der Waals surface area contributed by atoms with Gasteiger partial charge >= 0.3 is 0 Å². The minimum Gasteiger partial charge on any atom is -0.494 e. The predicted octanol–water partition coefficient (Wildman–Crippen LogP) is 3.01. The van der Waals surface area contributed by atoms with Crippen molar-refractivity contribution in [2.24, 2.45) is 11.8 Å². The summed E-state index contributed by atoms with van der Waals surface area (Å²) < 4.78 is 12.3. The average molecular weight is 528 g/mol. The number of hydrogen-bond acceptors (Lipinski definition) is 6. The Morgan fingerprint density at radius 2 is 1.84 bits per heavy atom. The number of benzene rings is 1. The molecule has 2 bridgehead atoms. The normalized spacial score (nSPS) is 32.3. The molecule has 5 rings (SSSR count). The standard InChI is InChI=1S/C29H41N3O6/c1-3-28-15-16-29(38-28)23(22(28)25(34)30-20-11-13-21(14-12-20)37-4-2)27(36)32(17-8-18-33)24(29)26(35)31-19-9-6-5-7-10-19/h11-14,19,22-24,33H,3-10,15-18H2,1-2H3,(H,30,34)(H,31,35)/t22-,23-,24?,28+,29?/m0/s1. The Hall–Kier alpha value is -2.65. The lowest BCUT2D eigenvalue weighted by Crippen LogP contribution is -2.57. The monoisotopic (exact) mass is 527 g/mol. The van der Waals surface area contributed by atoms with E-state index in [1.165, 1.54) is 6.42 Å². The van der Waals surface area contributed by atoms with Gasteiger partial charge in [-0.2, -0.15) is 0 Å². The summed E-state index contributed by atoms with van der Waals surface area (Å²) in [6, 6.07) is 6.47. The van der Waals surface area contributed by atoms with Crippen molar-refractivity contribution in [2.45, 2.75) is 94.9 Å². The minimum atomic E-state index is -1.04. The van der Waals surface area contributed by atoms with Crippen molar-refractivity contribution in [1.82, 2.24) is 10.2 Å². The van der Waals surface area contributed by atoms with Crippen LogP contribution in [0.4, 0.5) is 5.69 Å². The third kappa shape index (κ3) is 4.47. The Kier molecular flexibility index (Phi) is 7.69. The van der Waals surface area contributed by atoms with Crippen molar-refractivity contribution < 1.29 is 29.0 Å². The van der Waals surface area contributed by atoms with Crippen LogP contribution >= 0.6 is 0 Å². The van der Waals surface area contributed by atoms with Gasteiger partial charge in [0.05, 0.1) is 24.0 Å². The summed E-state index contributed by atoms with van der Waals surface area (Å²) in [4.78, 5) is 43.3. The van der Waals surface area contributed by atoms with Crippen LogP contribution in [-0.2, 0) is 19.1 Å². The highest BCUT2D eigenvalue weighted by Gasteiger charge is 2.78. The Morgan fingerprint density at radius 1 is 1.11 bits per heavy atom. The van der Waals surface area contributed by atoms with E-state index in [1.54, 1.807) is 29.2 Å². The summed E-state index contributed by atoms with van der Waals surface area (Å²) in [5, 5.41) is 15.8. The van der Waals surface area contributed by atoms with Crippen molar-refractivity contribution in [1.29, 1.82) is 0 Å². The molecule has 5 atom stereocenters. The predicted molar refractivity (Wildman–Crippen MR) is 142 cm³/mol. The van der Waals surface area contributed by atoms with Crippen molar-refractivity contribution in [3.8, 4) is 5.75 Å². The Labute approximate surface area is 224 Å². The molecule has 38 heavy (non-hydrogen) atoms. The Bertz CT molecular complexity index is 1040. The van der Waals surface area contributed by atoms with Crippen LogP contribution in [0, 0.1) is 11.8 Å². The topological polar surface area (TPSA) is 117 Å². The number of aliphatic hydroxyl groups is 1. The molecule has 208 valence electrons. The molecule has 1 aromatic carbocycles. The molecule has 4 fully saturated rings. The van der Waals surface area contributed by atoms with Crippen molar-refractivity contribution in [3.63, 3.8) is 0 Å². The van der Waals surface area contributed by atoms with Gasteiger partial charge in [0.25, 0.3) is 0 Å². The summed E-state index contributed by atoms with van der Waals surface area (Å²) in [5.41, 5.74) is -1.21. The third-order valence-corrected chi connectivity index (χ3v) is 9.15. The molecule has 9 heteroatoms. The van der Waals surface area contributed by atoms with E-state index >= 15 is 0 Å². The van der Waals surface area contributed by atoms with Gasteiger partial charge in [-0.15, -0.1) is 0 Å². The van der Waals surface area contributed by atoms with Crippen molar-refractivity contribution in [3.05, 3.63) is 24.3 Å². The van der Waals surface area contributed by atoms with E-state index in [4.69, 9.17) is 9.47 Å². The van der Waals surface area contributed by atoms with E-state index in [0.717, 1.165) is 31.4 Å². The molecule has 3 heterocycles. The lowest BCUT2D eigenvalue weighted by Gasteiger charge is -2.35. The minimum absolute atomic E-state index is 0.0835. The molecular formula is C29H41N3O6. The molecule has 1 spiro atoms. The number of hydrogen-bond donors (Lipinski definition) is 3. The molecule has 3 saturated heterocycles. The largest absolute Gasteiger partial charge is 0.494 e. The van der Waals surface area contributed by atoms with Crippen molar-refractivity contribution >= 4 is 23.4 Å². The number of carbonyl (C=O) groups excluding carboxylic acids is 3. The fraction of sp³-hybridized carbons (Fsp3) is 0.690. The van der Waals surface area contributed by atoms with Gasteiger partial charge in [0, 0.05) is 24.9 Å². The van der Waals surface area contributed by atoms with E-state index in [9.17, 15) is 19.5 Å². The summed E-state index contributed by atoms with van der Waals surface area (Å²) in [6.45, 7) is 4.63. The fourth-order valence-electron chi connectivity index (χ4n) is 7.45. The lowest BCUT2D eigenvalue weighted by molar-refractivity contribution is -0.147. The molecular weight excluding hydrogens is 486 g/mol. The van der Waals surface area contributed by atoms with Gasteiger partial charge in [0.15, 0.2) is 0 Å². The molecule has 3 N–H and O–H groups in total. The summed E-state index contributed by atoms with van der Waals surface area (Å²) >= 11 is 0. The van der Waals surface area contributed by atoms with Gasteiger partial charge in [0.2, 0.25) is 17.7 Å². The van der Waals surface area contributed by atoms with Crippen LogP contribution in [0.15, 0.2) is 24.3 Å². The highest BCUT2D eigenvalue weighted by molar-refractivity contribution is 6.02. The van der Waals surface area contributed by atoms with Gasteiger partial charge in [0.1, 0.15) is 17.4 Å². The van der Waals surface area contributed by atoms with E-state index < -0.39 is 29.1 Å². The quantitative estimate of drug-likeness (QED) is 0.431. The second kappa shape index (κ2) is 10.8. The van der Waals surface area contributed by atoms with Crippen LogP contribution in [0.2, 0.25) is 0 Å². The first kappa shape index (κ1) is 26.9.